The zero-order chi connectivity index (χ0) is 18.1. The number of likely N-dealkylation sites (N-methyl/N-ethyl adjacent to an activating group) is 1. The average molecular weight is 369 g/mol. The van der Waals surface area contributed by atoms with Gasteiger partial charge in [0.1, 0.15) is 0 Å². The van der Waals surface area contributed by atoms with Gasteiger partial charge >= 0.3 is 0 Å². The number of carbonyl (C=O) groups is 2. The van der Waals surface area contributed by atoms with Gasteiger partial charge in [-0.25, -0.2) is 0 Å². The third-order valence-electron chi connectivity index (χ3n) is 5.30. The fourth-order valence-electron chi connectivity index (χ4n) is 3.71. The van der Waals surface area contributed by atoms with E-state index in [1.807, 2.05) is 24.1 Å². The van der Waals surface area contributed by atoms with Gasteiger partial charge in [-0.05, 0) is 41.6 Å². The minimum atomic E-state index is 0.151. The highest BCUT2D eigenvalue weighted by Crippen LogP contribution is 2.31. The van der Waals surface area contributed by atoms with Crippen LogP contribution in [0.1, 0.15) is 16.9 Å². The first-order valence-electron chi connectivity index (χ1n) is 9.06. The lowest BCUT2D eigenvalue weighted by Crippen LogP contribution is -2.48. The molecule has 0 spiro atoms. The van der Waals surface area contributed by atoms with Crippen LogP contribution in [-0.2, 0) is 22.4 Å². The monoisotopic (exact) mass is 369 g/mol. The SMILES string of the molecule is CN1C(=O)Cc2cc(N3CCN(C(=O)CCc4cccs4)CC3)ccc21. The number of rotatable bonds is 4. The quantitative estimate of drug-likeness (QED) is 0.832. The maximum Gasteiger partial charge on any atom is 0.231 e. The first-order chi connectivity index (χ1) is 12.6. The molecule has 2 aliphatic rings. The van der Waals surface area contributed by atoms with Crippen LogP contribution < -0.4 is 9.80 Å². The topological polar surface area (TPSA) is 43.9 Å². The molecule has 5 nitrogen and oxygen atoms in total. The third kappa shape index (κ3) is 3.33. The Morgan fingerprint density at radius 1 is 1.15 bits per heavy atom. The van der Waals surface area contributed by atoms with Crippen molar-refractivity contribution in [2.75, 3.05) is 43.0 Å². The molecule has 1 aromatic heterocycles. The Labute approximate surface area is 157 Å². The van der Waals surface area contributed by atoms with Gasteiger partial charge in [-0.1, -0.05) is 6.07 Å². The van der Waals surface area contributed by atoms with Gasteiger partial charge in [0, 0.05) is 55.9 Å². The van der Waals surface area contributed by atoms with E-state index in [-0.39, 0.29) is 11.8 Å². The third-order valence-corrected chi connectivity index (χ3v) is 6.24. The van der Waals surface area contributed by atoms with Crippen molar-refractivity contribution in [3.05, 3.63) is 46.2 Å². The van der Waals surface area contributed by atoms with E-state index in [1.54, 1.807) is 16.2 Å². The summed E-state index contributed by atoms with van der Waals surface area (Å²) in [6.45, 7) is 3.21. The largest absolute Gasteiger partial charge is 0.368 e. The summed E-state index contributed by atoms with van der Waals surface area (Å²) in [4.78, 5) is 31.6. The van der Waals surface area contributed by atoms with Crippen molar-refractivity contribution in [1.29, 1.82) is 0 Å². The number of piperazine rings is 1. The number of carbonyl (C=O) groups excluding carboxylic acids is 2. The molecule has 1 fully saturated rings. The minimum Gasteiger partial charge on any atom is -0.368 e. The van der Waals surface area contributed by atoms with Gasteiger partial charge in [0.2, 0.25) is 11.8 Å². The number of hydrogen-bond acceptors (Lipinski definition) is 4. The van der Waals surface area contributed by atoms with Gasteiger partial charge in [-0.15, -0.1) is 11.3 Å². The van der Waals surface area contributed by atoms with E-state index >= 15 is 0 Å². The molecule has 2 amide bonds. The summed E-state index contributed by atoms with van der Waals surface area (Å²) in [6.07, 6.45) is 1.91. The van der Waals surface area contributed by atoms with Crippen molar-refractivity contribution in [3.63, 3.8) is 0 Å². The lowest BCUT2D eigenvalue weighted by Gasteiger charge is -2.36. The summed E-state index contributed by atoms with van der Waals surface area (Å²) >= 11 is 1.71. The molecule has 1 saturated heterocycles. The molecule has 0 unspecified atom stereocenters. The molecule has 26 heavy (non-hydrogen) atoms. The predicted molar refractivity (Wildman–Crippen MR) is 105 cm³/mol. The second-order valence-electron chi connectivity index (χ2n) is 6.89. The lowest BCUT2D eigenvalue weighted by molar-refractivity contribution is -0.131. The number of nitrogens with zero attached hydrogens (tertiary/aromatic N) is 3. The fraction of sp³-hybridized carbons (Fsp3) is 0.400. The van der Waals surface area contributed by atoms with Crippen molar-refractivity contribution < 1.29 is 9.59 Å². The van der Waals surface area contributed by atoms with Crippen LogP contribution in [0.2, 0.25) is 0 Å². The van der Waals surface area contributed by atoms with E-state index in [0.717, 1.165) is 49.5 Å². The Kier molecular flexibility index (Phi) is 4.68. The number of amides is 2. The number of anilines is 2. The molecule has 3 heterocycles. The second-order valence-corrected chi connectivity index (χ2v) is 7.92. The molecule has 0 N–H and O–H groups in total. The first-order valence-corrected chi connectivity index (χ1v) is 9.94. The first kappa shape index (κ1) is 17.1. The fourth-order valence-corrected chi connectivity index (χ4v) is 4.42. The Balaban J connectivity index is 1.33. The van der Waals surface area contributed by atoms with Gasteiger partial charge in [0.15, 0.2) is 0 Å². The van der Waals surface area contributed by atoms with Gasteiger partial charge in [-0.2, -0.15) is 0 Å². The van der Waals surface area contributed by atoms with Crippen molar-refractivity contribution >= 4 is 34.5 Å². The van der Waals surface area contributed by atoms with Crippen LogP contribution in [-0.4, -0.2) is 49.9 Å². The molecule has 4 rings (SSSR count). The highest BCUT2D eigenvalue weighted by atomic mass is 32.1. The summed E-state index contributed by atoms with van der Waals surface area (Å²) < 4.78 is 0. The average Bonchev–Trinajstić information content (AvgIpc) is 3.28. The molecule has 136 valence electrons. The van der Waals surface area contributed by atoms with Crippen LogP contribution in [0.4, 0.5) is 11.4 Å². The predicted octanol–water partition coefficient (Wildman–Crippen LogP) is 2.55. The molecule has 0 bridgehead atoms. The summed E-state index contributed by atoms with van der Waals surface area (Å²) in [5, 5.41) is 2.06. The molecule has 1 aromatic carbocycles. The van der Waals surface area contributed by atoms with E-state index in [9.17, 15) is 9.59 Å². The number of hydrogen-bond donors (Lipinski definition) is 0. The molecule has 0 aliphatic carbocycles. The van der Waals surface area contributed by atoms with Crippen molar-refractivity contribution in [1.82, 2.24) is 4.90 Å². The summed E-state index contributed by atoms with van der Waals surface area (Å²) in [5.74, 6) is 0.400. The Hall–Kier alpha value is -2.34. The van der Waals surface area contributed by atoms with Crippen molar-refractivity contribution in [2.45, 2.75) is 19.3 Å². The summed E-state index contributed by atoms with van der Waals surface area (Å²) in [6, 6.07) is 10.4. The molecule has 0 radical (unpaired) electrons. The maximum absolute atomic E-state index is 12.4. The summed E-state index contributed by atoms with van der Waals surface area (Å²) in [5.41, 5.74) is 3.27. The highest BCUT2D eigenvalue weighted by Gasteiger charge is 2.26. The van der Waals surface area contributed by atoms with Crippen LogP contribution >= 0.6 is 11.3 Å². The zero-order valence-electron chi connectivity index (χ0n) is 15.0. The smallest absolute Gasteiger partial charge is 0.231 e. The van der Waals surface area contributed by atoms with E-state index < -0.39 is 0 Å². The van der Waals surface area contributed by atoms with E-state index in [0.29, 0.717) is 12.8 Å². The van der Waals surface area contributed by atoms with Gasteiger partial charge < -0.3 is 14.7 Å². The maximum atomic E-state index is 12.4. The minimum absolute atomic E-state index is 0.151. The van der Waals surface area contributed by atoms with E-state index in [1.165, 1.54) is 4.88 Å². The molecule has 2 aliphatic heterocycles. The normalized spacial score (nSPS) is 17.0. The molecular formula is C20H23N3O2S. The highest BCUT2D eigenvalue weighted by molar-refractivity contribution is 7.09. The molecule has 2 aromatic rings. The van der Waals surface area contributed by atoms with Crippen LogP contribution in [0.25, 0.3) is 0 Å². The second kappa shape index (κ2) is 7.11. The van der Waals surface area contributed by atoms with E-state index in [4.69, 9.17) is 0 Å². The molecular weight excluding hydrogens is 346 g/mol. The van der Waals surface area contributed by atoms with Crippen LogP contribution in [0, 0.1) is 0 Å². The van der Waals surface area contributed by atoms with E-state index in [2.05, 4.69) is 28.5 Å². The lowest BCUT2D eigenvalue weighted by atomic mass is 10.1. The number of benzene rings is 1. The van der Waals surface area contributed by atoms with Crippen LogP contribution in [0.3, 0.4) is 0 Å². The zero-order valence-corrected chi connectivity index (χ0v) is 15.8. The number of aryl methyl sites for hydroxylation is 1. The molecule has 0 saturated carbocycles. The van der Waals surface area contributed by atoms with Gasteiger partial charge in [0.25, 0.3) is 0 Å². The van der Waals surface area contributed by atoms with Gasteiger partial charge in [-0.3, -0.25) is 9.59 Å². The Bertz CT molecular complexity index is 810. The van der Waals surface area contributed by atoms with Crippen molar-refractivity contribution in [3.8, 4) is 0 Å². The summed E-state index contributed by atoms with van der Waals surface area (Å²) in [7, 11) is 1.83. The number of fused-ring (bicyclic) bond motifs is 1. The molecule has 0 atom stereocenters. The van der Waals surface area contributed by atoms with Gasteiger partial charge in [0.05, 0.1) is 6.42 Å². The standard InChI is InChI=1S/C20H23N3O2S/c1-21-18-6-4-16(13-15(18)14-20(21)25)22-8-10-23(11-9-22)19(24)7-5-17-3-2-12-26-17/h2-4,6,12-13H,5,7-11,14H2,1H3. The Morgan fingerprint density at radius 2 is 1.96 bits per heavy atom. The van der Waals surface area contributed by atoms with Crippen LogP contribution in [0.5, 0.6) is 0 Å². The van der Waals surface area contributed by atoms with Crippen LogP contribution in [0.15, 0.2) is 35.7 Å². The van der Waals surface area contributed by atoms with Crippen molar-refractivity contribution in [2.24, 2.45) is 0 Å². The number of thiophene rings is 1. The molecule has 6 heteroatoms. The Morgan fingerprint density at radius 3 is 2.69 bits per heavy atom.